The lowest BCUT2D eigenvalue weighted by Gasteiger charge is -2.50. The molecule has 0 aliphatic heterocycles. The van der Waals surface area contributed by atoms with Crippen molar-refractivity contribution in [3.8, 4) is 5.69 Å². The number of rotatable bonds is 6. The summed E-state index contributed by atoms with van der Waals surface area (Å²) in [5.41, 5.74) is 7.20. The zero-order valence-corrected chi connectivity index (χ0v) is 24.9. The Balaban J connectivity index is 1.56. The van der Waals surface area contributed by atoms with Crippen LogP contribution in [0.2, 0.25) is 18.1 Å². The van der Waals surface area contributed by atoms with Crippen molar-refractivity contribution in [3.63, 3.8) is 0 Å². The summed E-state index contributed by atoms with van der Waals surface area (Å²) in [6.07, 6.45) is 9.70. The maximum atomic E-state index is 13.6. The average molecular weight is 529 g/mol. The van der Waals surface area contributed by atoms with Crippen LogP contribution in [0.4, 0.5) is 4.39 Å². The molecule has 0 bridgehead atoms. The largest absolute Gasteiger partial charge is 0.413 e. The molecule has 0 spiro atoms. The van der Waals surface area contributed by atoms with Gasteiger partial charge >= 0.3 is 0 Å². The number of nitrogens with zero attached hydrogens (tertiary/aromatic N) is 2. The molecule has 5 heteroatoms. The third-order valence-corrected chi connectivity index (χ3v) is 13.8. The van der Waals surface area contributed by atoms with E-state index in [-0.39, 0.29) is 22.4 Å². The van der Waals surface area contributed by atoms with Gasteiger partial charge in [-0.05, 0) is 97.3 Å². The molecule has 200 valence electrons. The molecule has 0 radical (unpaired) electrons. The molecule has 3 nitrogen and oxygen atoms in total. The van der Waals surface area contributed by atoms with Gasteiger partial charge in [0.1, 0.15) is 5.82 Å². The lowest BCUT2D eigenvalue weighted by atomic mass is 9.58. The molecule has 2 aliphatic carbocycles. The molecule has 5 rings (SSSR count). The summed E-state index contributed by atoms with van der Waals surface area (Å²) in [5, 5.41) is 4.88. The summed E-state index contributed by atoms with van der Waals surface area (Å²) in [4.78, 5) is 0. The molecule has 1 heterocycles. The predicted octanol–water partition coefficient (Wildman–Crippen LogP) is 8.56. The number of hydrogen-bond donors (Lipinski definition) is 0. The fourth-order valence-electron chi connectivity index (χ4n) is 6.06. The van der Waals surface area contributed by atoms with Crippen LogP contribution in [0.15, 0.2) is 78.0 Å². The van der Waals surface area contributed by atoms with Gasteiger partial charge in [-0.25, -0.2) is 9.07 Å². The van der Waals surface area contributed by atoms with E-state index in [1.165, 1.54) is 34.4 Å². The van der Waals surface area contributed by atoms with Gasteiger partial charge in [0.15, 0.2) is 8.32 Å². The molecular formula is C33H41FN2OSi. The van der Waals surface area contributed by atoms with E-state index in [2.05, 4.69) is 90.2 Å². The molecule has 38 heavy (non-hydrogen) atoms. The molecule has 0 amide bonds. The summed E-state index contributed by atoms with van der Waals surface area (Å²) < 4.78 is 22.8. The second-order valence-corrected chi connectivity index (χ2v) is 17.7. The first-order valence-electron chi connectivity index (χ1n) is 13.8. The van der Waals surface area contributed by atoms with E-state index in [0.717, 1.165) is 30.6 Å². The average Bonchev–Trinajstić information content (AvgIpc) is 3.25. The van der Waals surface area contributed by atoms with E-state index in [1.54, 1.807) is 12.1 Å². The van der Waals surface area contributed by atoms with E-state index >= 15 is 0 Å². The van der Waals surface area contributed by atoms with E-state index in [0.29, 0.717) is 5.92 Å². The molecule has 2 aromatic carbocycles. The van der Waals surface area contributed by atoms with Gasteiger partial charge < -0.3 is 4.43 Å². The van der Waals surface area contributed by atoms with Gasteiger partial charge in [0, 0.05) is 5.41 Å². The third-order valence-electron chi connectivity index (χ3n) is 9.31. The SMILES string of the molecule is CC1=CC[C@H]([C@H](Cc2ccccc2)O[Si](C)(C)C(C)(C)C)[C@@]2(C)Cc3cnn(-c4ccc(F)cc4)c3C=C12. The van der Waals surface area contributed by atoms with Crippen LogP contribution in [0.25, 0.3) is 11.8 Å². The lowest BCUT2D eigenvalue weighted by molar-refractivity contribution is 0.0498. The highest BCUT2D eigenvalue weighted by atomic mass is 28.4. The number of halogens is 1. The quantitative estimate of drug-likeness (QED) is 0.300. The highest BCUT2D eigenvalue weighted by Crippen LogP contribution is 2.54. The van der Waals surface area contributed by atoms with Crippen LogP contribution in [-0.2, 0) is 17.3 Å². The summed E-state index contributed by atoms with van der Waals surface area (Å²) >= 11 is 0. The maximum Gasteiger partial charge on any atom is 0.192 e. The second kappa shape index (κ2) is 9.76. The smallest absolute Gasteiger partial charge is 0.192 e. The maximum absolute atomic E-state index is 13.6. The Morgan fingerprint density at radius 1 is 1.11 bits per heavy atom. The van der Waals surface area contributed by atoms with Gasteiger partial charge in [-0.1, -0.05) is 69.7 Å². The Bertz CT molecular complexity index is 1360. The minimum absolute atomic E-state index is 0.0652. The second-order valence-electron chi connectivity index (χ2n) is 12.9. The highest BCUT2D eigenvalue weighted by molar-refractivity contribution is 6.74. The minimum atomic E-state index is -2.02. The number of benzene rings is 2. The number of allylic oxidation sites excluding steroid dienone is 3. The number of aromatic nitrogens is 2. The molecule has 0 unspecified atom stereocenters. The fraction of sp³-hybridized carbons (Fsp3) is 0.424. The third kappa shape index (κ3) is 4.87. The summed E-state index contributed by atoms with van der Waals surface area (Å²) in [6.45, 7) is 16.4. The normalized spacial score (nSPS) is 22.3. The van der Waals surface area contributed by atoms with Crippen LogP contribution >= 0.6 is 0 Å². The molecule has 0 saturated heterocycles. The van der Waals surface area contributed by atoms with Crippen LogP contribution < -0.4 is 0 Å². The van der Waals surface area contributed by atoms with Crippen molar-refractivity contribution in [1.29, 1.82) is 0 Å². The van der Waals surface area contributed by atoms with Crippen LogP contribution in [0.1, 0.15) is 57.9 Å². The van der Waals surface area contributed by atoms with E-state index in [1.807, 2.05) is 10.9 Å². The monoisotopic (exact) mass is 528 g/mol. The van der Waals surface area contributed by atoms with E-state index < -0.39 is 8.32 Å². The molecule has 0 fully saturated rings. The van der Waals surface area contributed by atoms with E-state index in [4.69, 9.17) is 9.52 Å². The van der Waals surface area contributed by atoms with Gasteiger partial charge in [-0.3, -0.25) is 0 Å². The first-order valence-corrected chi connectivity index (χ1v) is 16.7. The lowest BCUT2D eigenvalue weighted by Crippen LogP contribution is -2.51. The first-order chi connectivity index (χ1) is 17.9. The topological polar surface area (TPSA) is 27.1 Å². The van der Waals surface area contributed by atoms with Crippen molar-refractivity contribution in [3.05, 3.63) is 101 Å². The molecule has 2 aliphatic rings. The minimum Gasteiger partial charge on any atom is -0.413 e. The molecule has 3 aromatic rings. The Morgan fingerprint density at radius 2 is 1.79 bits per heavy atom. The van der Waals surface area contributed by atoms with Gasteiger partial charge in [-0.2, -0.15) is 5.10 Å². The number of hydrogen-bond acceptors (Lipinski definition) is 2. The zero-order valence-electron chi connectivity index (χ0n) is 23.9. The van der Waals surface area contributed by atoms with Crippen LogP contribution in [-0.4, -0.2) is 24.2 Å². The van der Waals surface area contributed by atoms with Crippen molar-refractivity contribution in [1.82, 2.24) is 9.78 Å². The van der Waals surface area contributed by atoms with Crippen molar-refractivity contribution in [2.45, 2.75) is 78.1 Å². The van der Waals surface area contributed by atoms with Gasteiger partial charge in [-0.15, -0.1) is 0 Å². The Hall–Kier alpha value is -2.76. The van der Waals surface area contributed by atoms with Crippen molar-refractivity contribution < 1.29 is 8.82 Å². The fourth-order valence-corrected chi connectivity index (χ4v) is 7.42. The zero-order chi connectivity index (χ0) is 27.3. The van der Waals surface area contributed by atoms with Gasteiger partial charge in [0.2, 0.25) is 0 Å². The molecule has 0 saturated carbocycles. The first kappa shape index (κ1) is 26.8. The molecule has 0 N–H and O–H groups in total. The molecular weight excluding hydrogens is 487 g/mol. The van der Waals surface area contributed by atoms with Gasteiger partial charge in [0.05, 0.1) is 23.7 Å². The summed E-state index contributed by atoms with van der Waals surface area (Å²) in [7, 11) is -2.02. The van der Waals surface area contributed by atoms with Crippen molar-refractivity contribution in [2.24, 2.45) is 11.3 Å². The molecule has 3 atom stereocenters. The summed E-state index contributed by atoms with van der Waals surface area (Å²) in [6, 6.07) is 17.4. The Morgan fingerprint density at radius 3 is 2.45 bits per heavy atom. The number of fused-ring (bicyclic) bond motifs is 2. The Labute approximate surface area is 228 Å². The standard InChI is InChI=1S/C33H41FN2OSi/c1-23-13-18-28(31(19-24-11-9-8-10-12-24)37-38(6,7)32(2,3)4)33(5)21-25-22-35-36(30(25)20-29(23)33)27-16-14-26(34)15-17-27/h8-17,20,22,28,31H,18-19,21H2,1-7H3/t28-,31+,33-/m1/s1. The highest BCUT2D eigenvalue weighted by Gasteiger charge is 2.49. The summed E-state index contributed by atoms with van der Waals surface area (Å²) in [5.74, 6) is 0.106. The molecule has 1 aromatic heterocycles. The Kier molecular flexibility index (Phi) is 6.89. The van der Waals surface area contributed by atoms with Crippen molar-refractivity contribution >= 4 is 14.4 Å². The predicted molar refractivity (Wildman–Crippen MR) is 157 cm³/mol. The van der Waals surface area contributed by atoms with Gasteiger partial charge in [0.25, 0.3) is 0 Å². The van der Waals surface area contributed by atoms with E-state index in [9.17, 15) is 4.39 Å². The van der Waals surface area contributed by atoms with Crippen LogP contribution in [0.5, 0.6) is 0 Å². The van der Waals surface area contributed by atoms with Crippen molar-refractivity contribution in [2.75, 3.05) is 0 Å². The van der Waals surface area contributed by atoms with Crippen LogP contribution in [0, 0.1) is 17.2 Å². The van der Waals surface area contributed by atoms with Crippen LogP contribution in [0.3, 0.4) is 0 Å².